The standard InChI is InChI=1S/C17H19N3O3/c1-11(21)14-8-15(19-9-14)17(23)20(3)10-12-4-6-13(7-5-12)16(22)18-2/h4-9,19H,10H2,1-3H3,(H,18,22). The van der Waals surface area contributed by atoms with Gasteiger partial charge in [-0.2, -0.15) is 0 Å². The van der Waals surface area contributed by atoms with E-state index in [2.05, 4.69) is 10.3 Å². The lowest BCUT2D eigenvalue weighted by atomic mass is 10.1. The number of hydrogen-bond acceptors (Lipinski definition) is 3. The number of nitrogens with one attached hydrogen (secondary N) is 2. The maximum atomic E-state index is 12.3. The minimum absolute atomic E-state index is 0.0901. The fourth-order valence-electron chi connectivity index (χ4n) is 2.18. The van der Waals surface area contributed by atoms with Crippen LogP contribution >= 0.6 is 0 Å². The predicted octanol–water partition coefficient (Wildman–Crippen LogP) is 1.85. The first kappa shape index (κ1) is 16.5. The van der Waals surface area contributed by atoms with Crippen LogP contribution in [-0.2, 0) is 6.54 Å². The summed E-state index contributed by atoms with van der Waals surface area (Å²) in [4.78, 5) is 39.5. The summed E-state index contributed by atoms with van der Waals surface area (Å²) in [5.74, 6) is -0.440. The molecule has 0 bridgehead atoms. The molecule has 120 valence electrons. The molecule has 2 amide bonds. The number of carbonyl (C=O) groups excluding carboxylic acids is 3. The van der Waals surface area contributed by atoms with E-state index in [4.69, 9.17) is 0 Å². The molecular formula is C17H19N3O3. The first-order valence-corrected chi connectivity index (χ1v) is 7.18. The van der Waals surface area contributed by atoms with Crippen molar-refractivity contribution in [1.29, 1.82) is 0 Å². The number of hydrogen-bond donors (Lipinski definition) is 2. The van der Waals surface area contributed by atoms with Gasteiger partial charge in [0.05, 0.1) is 0 Å². The molecular weight excluding hydrogens is 294 g/mol. The Morgan fingerprint density at radius 3 is 2.30 bits per heavy atom. The van der Waals surface area contributed by atoms with E-state index in [0.717, 1.165) is 5.56 Å². The molecule has 1 aromatic carbocycles. The summed E-state index contributed by atoms with van der Waals surface area (Å²) in [6.45, 7) is 1.86. The first-order valence-electron chi connectivity index (χ1n) is 7.18. The zero-order valence-electron chi connectivity index (χ0n) is 13.3. The van der Waals surface area contributed by atoms with E-state index in [1.807, 2.05) is 12.1 Å². The third-order valence-corrected chi connectivity index (χ3v) is 3.53. The van der Waals surface area contributed by atoms with Crippen molar-refractivity contribution in [2.75, 3.05) is 14.1 Å². The maximum Gasteiger partial charge on any atom is 0.270 e. The van der Waals surface area contributed by atoms with E-state index in [1.165, 1.54) is 13.1 Å². The molecule has 23 heavy (non-hydrogen) atoms. The summed E-state index contributed by atoms with van der Waals surface area (Å²) < 4.78 is 0. The van der Waals surface area contributed by atoms with Gasteiger partial charge in [-0.3, -0.25) is 14.4 Å². The van der Waals surface area contributed by atoms with E-state index >= 15 is 0 Å². The second-order valence-electron chi connectivity index (χ2n) is 5.30. The van der Waals surface area contributed by atoms with Gasteiger partial charge in [0.15, 0.2) is 5.78 Å². The second kappa shape index (κ2) is 6.91. The van der Waals surface area contributed by atoms with Gasteiger partial charge >= 0.3 is 0 Å². The van der Waals surface area contributed by atoms with Crippen LogP contribution in [-0.4, -0.2) is 41.6 Å². The van der Waals surface area contributed by atoms with Crippen LogP contribution in [0.25, 0.3) is 0 Å². The number of ketones is 1. The molecule has 0 aliphatic carbocycles. The molecule has 6 nitrogen and oxygen atoms in total. The quantitative estimate of drug-likeness (QED) is 0.826. The molecule has 0 saturated carbocycles. The lowest BCUT2D eigenvalue weighted by molar-refractivity contribution is 0.0779. The number of carbonyl (C=O) groups is 3. The number of aromatic nitrogens is 1. The molecule has 1 heterocycles. The van der Waals surface area contributed by atoms with Crippen molar-refractivity contribution in [2.45, 2.75) is 13.5 Å². The summed E-state index contributed by atoms with van der Waals surface area (Å²) in [5.41, 5.74) is 2.34. The molecule has 2 rings (SSSR count). The highest BCUT2D eigenvalue weighted by Gasteiger charge is 2.15. The Kier molecular flexibility index (Phi) is 4.95. The van der Waals surface area contributed by atoms with Crippen molar-refractivity contribution in [1.82, 2.24) is 15.2 Å². The van der Waals surface area contributed by atoms with Gasteiger partial charge in [0.1, 0.15) is 5.69 Å². The Balaban J connectivity index is 2.05. The Morgan fingerprint density at radius 2 is 1.78 bits per heavy atom. The monoisotopic (exact) mass is 313 g/mol. The van der Waals surface area contributed by atoms with E-state index < -0.39 is 0 Å². The molecule has 0 radical (unpaired) electrons. The lowest BCUT2D eigenvalue weighted by Crippen LogP contribution is -2.26. The molecule has 0 unspecified atom stereocenters. The fourth-order valence-corrected chi connectivity index (χ4v) is 2.18. The van der Waals surface area contributed by atoms with Crippen LogP contribution < -0.4 is 5.32 Å². The van der Waals surface area contributed by atoms with Crippen LogP contribution in [0.15, 0.2) is 36.5 Å². The predicted molar refractivity (Wildman–Crippen MR) is 86.4 cm³/mol. The van der Waals surface area contributed by atoms with Crippen molar-refractivity contribution >= 4 is 17.6 Å². The molecule has 0 spiro atoms. The van der Waals surface area contributed by atoms with Gasteiger partial charge in [0.25, 0.3) is 11.8 Å². The third kappa shape index (κ3) is 3.85. The molecule has 0 atom stereocenters. The molecule has 6 heteroatoms. The van der Waals surface area contributed by atoms with E-state index in [1.54, 1.807) is 37.2 Å². The Labute approximate surface area is 134 Å². The van der Waals surface area contributed by atoms with Gasteiger partial charge in [-0.05, 0) is 30.7 Å². The average Bonchev–Trinajstić information content (AvgIpc) is 3.04. The van der Waals surface area contributed by atoms with Crippen LogP contribution in [0.3, 0.4) is 0 Å². The summed E-state index contributed by atoms with van der Waals surface area (Å²) in [6.07, 6.45) is 1.53. The Morgan fingerprint density at radius 1 is 1.13 bits per heavy atom. The highest BCUT2D eigenvalue weighted by atomic mass is 16.2. The number of Topliss-reactive ketones (excluding diaryl/α,β-unsaturated/α-hetero) is 1. The third-order valence-electron chi connectivity index (χ3n) is 3.53. The number of nitrogens with zero attached hydrogens (tertiary/aromatic N) is 1. The fraction of sp³-hybridized carbons (Fsp3) is 0.235. The van der Waals surface area contributed by atoms with Crippen LogP contribution in [0.4, 0.5) is 0 Å². The van der Waals surface area contributed by atoms with E-state index in [9.17, 15) is 14.4 Å². The Hall–Kier alpha value is -2.89. The average molecular weight is 313 g/mol. The maximum absolute atomic E-state index is 12.3. The minimum atomic E-state index is -0.201. The SMILES string of the molecule is CNC(=O)c1ccc(CN(C)C(=O)c2cc(C(C)=O)c[nH]2)cc1. The summed E-state index contributed by atoms with van der Waals surface area (Å²) in [7, 11) is 3.26. The second-order valence-corrected chi connectivity index (χ2v) is 5.30. The molecule has 1 aromatic heterocycles. The molecule has 2 aromatic rings. The molecule has 0 fully saturated rings. The van der Waals surface area contributed by atoms with Crippen LogP contribution in [0.5, 0.6) is 0 Å². The Bertz CT molecular complexity index is 732. The molecule has 0 aliphatic heterocycles. The zero-order chi connectivity index (χ0) is 17.0. The van der Waals surface area contributed by atoms with Gasteiger partial charge in [-0.25, -0.2) is 0 Å². The van der Waals surface area contributed by atoms with Gasteiger partial charge in [-0.1, -0.05) is 12.1 Å². The summed E-state index contributed by atoms with van der Waals surface area (Å²) in [5, 5.41) is 2.56. The van der Waals surface area contributed by atoms with Crippen molar-refractivity contribution in [3.8, 4) is 0 Å². The molecule has 0 aliphatic rings. The highest BCUT2D eigenvalue weighted by molar-refractivity contribution is 5.99. The number of H-pyrrole nitrogens is 1. The first-order chi connectivity index (χ1) is 10.9. The number of benzene rings is 1. The summed E-state index contributed by atoms with van der Waals surface area (Å²) in [6, 6.07) is 8.61. The van der Waals surface area contributed by atoms with Crippen molar-refractivity contribution in [3.05, 3.63) is 58.9 Å². The van der Waals surface area contributed by atoms with E-state index in [0.29, 0.717) is 23.4 Å². The topological polar surface area (TPSA) is 82.3 Å². The zero-order valence-corrected chi connectivity index (χ0v) is 13.3. The normalized spacial score (nSPS) is 10.2. The molecule has 2 N–H and O–H groups in total. The lowest BCUT2D eigenvalue weighted by Gasteiger charge is -2.16. The smallest absolute Gasteiger partial charge is 0.270 e. The van der Waals surface area contributed by atoms with Gasteiger partial charge in [0, 0.05) is 38.0 Å². The van der Waals surface area contributed by atoms with Crippen molar-refractivity contribution in [3.63, 3.8) is 0 Å². The largest absolute Gasteiger partial charge is 0.356 e. The van der Waals surface area contributed by atoms with Crippen molar-refractivity contribution in [2.24, 2.45) is 0 Å². The van der Waals surface area contributed by atoms with Crippen LogP contribution in [0.2, 0.25) is 0 Å². The van der Waals surface area contributed by atoms with Gasteiger partial charge in [0.2, 0.25) is 0 Å². The number of amides is 2. The van der Waals surface area contributed by atoms with Crippen LogP contribution in [0.1, 0.15) is 43.7 Å². The molecule has 0 saturated heterocycles. The van der Waals surface area contributed by atoms with Gasteiger partial charge in [-0.15, -0.1) is 0 Å². The van der Waals surface area contributed by atoms with Crippen molar-refractivity contribution < 1.29 is 14.4 Å². The van der Waals surface area contributed by atoms with Gasteiger partial charge < -0.3 is 15.2 Å². The van der Waals surface area contributed by atoms with Crippen LogP contribution in [0, 0.1) is 0 Å². The summed E-state index contributed by atoms with van der Waals surface area (Å²) >= 11 is 0. The van der Waals surface area contributed by atoms with E-state index in [-0.39, 0.29) is 17.6 Å². The number of aromatic amines is 1. The highest BCUT2D eigenvalue weighted by Crippen LogP contribution is 2.11. The minimum Gasteiger partial charge on any atom is -0.356 e. The number of rotatable bonds is 5.